The molecular weight excluding hydrogens is 240 g/mol. The predicted molar refractivity (Wildman–Crippen MR) is 78.2 cm³/mol. The molecule has 4 nitrogen and oxygen atoms in total. The second-order valence-electron chi connectivity index (χ2n) is 6.88. The molecule has 1 aliphatic rings. The van der Waals surface area contributed by atoms with Gasteiger partial charge in [0.1, 0.15) is 5.60 Å². The van der Waals surface area contributed by atoms with E-state index in [4.69, 9.17) is 4.74 Å². The van der Waals surface area contributed by atoms with Gasteiger partial charge in [0, 0.05) is 13.1 Å². The number of nitrogens with zero attached hydrogens (tertiary/aromatic N) is 2. The van der Waals surface area contributed by atoms with Gasteiger partial charge in [-0.2, -0.15) is 0 Å². The Balaban J connectivity index is 2.17. The van der Waals surface area contributed by atoms with Crippen LogP contribution in [0.1, 0.15) is 40.0 Å². The van der Waals surface area contributed by atoms with Gasteiger partial charge in [-0.1, -0.05) is 0 Å². The molecule has 1 heterocycles. The number of piperidine rings is 1. The second kappa shape index (κ2) is 7.25. The van der Waals surface area contributed by atoms with E-state index in [1.165, 1.54) is 19.4 Å². The molecule has 4 heteroatoms. The first-order chi connectivity index (χ1) is 8.76. The lowest BCUT2D eigenvalue weighted by atomic mass is 9.96. The summed E-state index contributed by atoms with van der Waals surface area (Å²) in [6, 6.07) is 0. The smallest absolute Gasteiger partial charge is 0.307 e. The zero-order valence-corrected chi connectivity index (χ0v) is 13.2. The highest BCUT2D eigenvalue weighted by Crippen LogP contribution is 2.18. The lowest BCUT2D eigenvalue weighted by molar-refractivity contribution is -0.155. The summed E-state index contributed by atoms with van der Waals surface area (Å²) in [6.45, 7) is 9.99. The molecule has 0 spiro atoms. The Labute approximate surface area is 118 Å². The van der Waals surface area contributed by atoms with E-state index in [0.29, 0.717) is 6.42 Å². The van der Waals surface area contributed by atoms with Gasteiger partial charge in [-0.15, -0.1) is 0 Å². The van der Waals surface area contributed by atoms with Crippen molar-refractivity contribution < 1.29 is 9.53 Å². The van der Waals surface area contributed by atoms with Crippen LogP contribution in [0.25, 0.3) is 0 Å². The Morgan fingerprint density at radius 2 is 1.84 bits per heavy atom. The summed E-state index contributed by atoms with van der Waals surface area (Å²) in [5.41, 5.74) is -0.365. The number of esters is 1. The zero-order chi connectivity index (χ0) is 14.5. The Hall–Kier alpha value is -0.610. The first-order valence-electron chi connectivity index (χ1n) is 7.35. The normalized spacial score (nSPS) is 18.8. The van der Waals surface area contributed by atoms with E-state index in [2.05, 4.69) is 23.9 Å². The maximum absolute atomic E-state index is 11.7. The summed E-state index contributed by atoms with van der Waals surface area (Å²) in [5, 5.41) is 0. The van der Waals surface area contributed by atoms with Crippen LogP contribution in [0.2, 0.25) is 0 Å². The molecular formula is C15H30N2O2. The lowest BCUT2D eigenvalue weighted by Gasteiger charge is -2.33. The van der Waals surface area contributed by atoms with E-state index in [-0.39, 0.29) is 11.6 Å². The highest BCUT2D eigenvalue weighted by molar-refractivity contribution is 5.70. The molecule has 1 rings (SSSR count). The van der Waals surface area contributed by atoms with Crippen LogP contribution in [0.4, 0.5) is 0 Å². The van der Waals surface area contributed by atoms with Crippen LogP contribution in [0.15, 0.2) is 0 Å². The minimum absolute atomic E-state index is 0.0806. The van der Waals surface area contributed by atoms with Crippen LogP contribution in [-0.2, 0) is 9.53 Å². The number of rotatable bonds is 5. The minimum atomic E-state index is -0.365. The number of carbonyl (C=O) groups excluding carboxylic acids is 1. The Kier molecular flexibility index (Phi) is 6.27. The molecule has 0 aromatic rings. The molecule has 1 aliphatic heterocycles. The minimum Gasteiger partial charge on any atom is -0.460 e. The summed E-state index contributed by atoms with van der Waals surface area (Å²) in [7, 11) is 4.27. The summed E-state index contributed by atoms with van der Waals surface area (Å²) in [5.74, 6) is 0.732. The standard InChI is InChI=1S/C15H30N2O2/c1-15(2,3)19-14(18)8-11-17-9-6-13(7-10-17)12-16(4)5/h13H,6-12H2,1-5H3. The predicted octanol–water partition coefficient (Wildman–Crippen LogP) is 1.99. The van der Waals surface area contributed by atoms with Crippen molar-refractivity contribution in [3.63, 3.8) is 0 Å². The zero-order valence-electron chi connectivity index (χ0n) is 13.2. The first kappa shape index (κ1) is 16.4. The molecule has 0 aliphatic carbocycles. The van der Waals surface area contributed by atoms with Crippen LogP contribution in [-0.4, -0.2) is 61.6 Å². The Bertz CT molecular complexity index is 276. The number of likely N-dealkylation sites (tertiary alicyclic amines) is 1. The van der Waals surface area contributed by atoms with Crippen LogP contribution in [0.5, 0.6) is 0 Å². The van der Waals surface area contributed by atoms with Gasteiger partial charge in [0.2, 0.25) is 0 Å². The van der Waals surface area contributed by atoms with E-state index < -0.39 is 0 Å². The van der Waals surface area contributed by atoms with E-state index in [1.54, 1.807) is 0 Å². The summed E-state index contributed by atoms with van der Waals surface area (Å²) >= 11 is 0. The molecule has 1 fully saturated rings. The molecule has 0 N–H and O–H groups in total. The molecule has 0 amide bonds. The quantitative estimate of drug-likeness (QED) is 0.715. The maximum atomic E-state index is 11.7. The molecule has 0 unspecified atom stereocenters. The number of hydrogen-bond donors (Lipinski definition) is 0. The molecule has 0 aromatic heterocycles. The third kappa shape index (κ3) is 7.53. The van der Waals surface area contributed by atoms with E-state index >= 15 is 0 Å². The van der Waals surface area contributed by atoms with Crippen molar-refractivity contribution in [3.05, 3.63) is 0 Å². The maximum Gasteiger partial charge on any atom is 0.307 e. The number of ether oxygens (including phenoxy) is 1. The molecule has 0 saturated carbocycles. The monoisotopic (exact) mass is 270 g/mol. The van der Waals surface area contributed by atoms with Crippen molar-refractivity contribution in [1.82, 2.24) is 9.80 Å². The highest BCUT2D eigenvalue weighted by atomic mass is 16.6. The van der Waals surface area contributed by atoms with Crippen molar-refractivity contribution >= 4 is 5.97 Å². The molecule has 0 radical (unpaired) electrons. The first-order valence-corrected chi connectivity index (χ1v) is 7.35. The van der Waals surface area contributed by atoms with Crippen molar-refractivity contribution in [3.8, 4) is 0 Å². The second-order valence-corrected chi connectivity index (χ2v) is 6.88. The summed E-state index contributed by atoms with van der Waals surface area (Å²) < 4.78 is 5.33. The summed E-state index contributed by atoms with van der Waals surface area (Å²) in [6.07, 6.45) is 2.99. The van der Waals surface area contributed by atoms with Crippen molar-refractivity contribution in [1.29, 1.82) is 0 Å². The Morgan fingerprint density at radius 3 is 2.32 bits per heavy atom. The van der Waals surface area contributed by atoms with Gasteiger partial charge in [-0.05, 0) is 66.7 Å². The highest BCUT2D eigenvalue weighted by Gasteiger charge is 2.21. The van der Waals surface area contributed by atoms with Gasteiger partial charge >= 0.3 is 5.97 Å². The topological polar surface area (TPSA) is 32.8 Å². The molecule has 1 saturated heterocycles. The van der Waals surface area contributed by atoms with E-state index in [9.17, 15) is 4.79 Å². The average molecular weight is 270 g/mol. The lowest BCUT2D eigenvalue weighted by Crippen LogP contribution is -2.38. The van der Waals surface area contributed by atoms with Crippen molar-refractivity contribution in [2.75, 3.05) is 40.3 Å². The van der Waals surface area contributed by atoms with Crippen molar-refractivity contribution in [2.45, 2.75) is 45.6 Å². The van der Waals surface area contributed by atoms with Gasteiger partial charge in [0.05, 0.1) is 6.42 Å². The fourth-order valence-electron chi connectivity index (χ4n) is 2.55. The fraction of sp³-hybridized carbons (Fsp3) is 0.933. The third-order valence-corrected chi connectivity index (χ3v) is 3.38. The van der Waals surface area contributed by atoms with Crippen LogP contribution in [0, 0.1) is 5.92 Å². The number of hydrogen-bond acceptors (Lipinski definition) is 4. The summed E-state index contributed by atoms with van der Waals surface area (Å²) in [4.78, 5) is 16.3. The molecule has 19 heavy (non-hydrogen) atoms. The average Bonchev–Trinajstić information content (AvgIpc) is 2.25. The number of carbonyl (C=O) groups is 1. The van der Waals surface area contributed by atoms with Crippen LogP contribution in [0.3, 0.4) is 0 Å². The fourth-order valence-corrected chi connectivity index (χ4v) is 2.55. The van der Waals surface area contributed by atoms with Gasteiger partial charge in [0.25, 0.3) is 0 Å². The molecule has 0 bridgehead atoms. The van der Waals surface area contributed by atoms with Gasteiger partial charge < -0.3 is 14.5 Å². The Morgan fingerprint density at radius 1 is 1.26 bits per heavy atom. The molecule has 0 atom stereocenters. The largest absolute Gasteiger partial charge is 0.460 e. The van der Waals surface area contributed by atoms with Gasteiger partial charge in [0.15, 0.2) is 0 Å². The van der Waals surface area contributed by atoms with Crippen molar-refractivity contribution in [2.24, 2.45) is 5.92 Å². The van der Waals surface area contributed by atoms with Crippen LogP contribution >= 0.6 is 0 Å². The van der Waals surface area contributed by atoms with Gasteiger partial charge in [-0.25, -0.2) is 0 Å². The SMILES string of the molecule is CN(C)CC1CCN(CCC(=O)OC(C)(C)C)CC1. The van der Waals surface area contributed by atoms with E-state index in [1.807, 2.05) is 20.8 Å². The molecule has 112 valence electrons. The molecule has 0 aromatic carbocycles. The van der Waals surface area contributed by atoms with E-state index in [0.717, 1.165) is 25.6 Å². The van der Waals surface area contributed by atoms with Crippen LogP contribution < -0.4 is 0 Å². The van der Waals surface area contributed by atoms with Gasteiger partial charge in [-0.3, -0.25) is 4.79 Å². The third-order valence-electron chi connectivity index (χ3n) is 3.38.